The van der Waals surface area contributed by atoms with Crippen LogP contribution in [0.1, 0.15) is 0 Å². The third kappa shape index (κ3) is 1.32. The zero-order valence-electron chi connectivity index (χ0n) is 5.00. The molecule has 0 amide bonds. The summed E-state index contributed by atoms with van der Waals surface area (Å²) in [6.07, 6.45) is 1.22. The van der Waals surface area contributed by atoms with Gasteiger partial charge in [0, 0.05) is 6.07 Å². The summed E-state index contributed by atoms with van der Waals surface area (Å²) >= 11 is 0. The minimum absolute atomic E-state index is 0.101. The highest BCUT2D eigenvalue weighted by atomic mass is 16.5. The Morgan fingerprint density at radius 1 is 1.56 bits per heavy atom. The van der Waals surface area contributed by atoms with Gasteiger partial charge in [0.1, 0.15) is 0 Å². The number of ether oxygens (including phenoxy) is 1. The Balaban J connectivity index is 2.88. The van der Waals surface area contributed by atoms with E-state index in [9.17, 15) is 5.11 Å². The van der Waals surface area contributed by atoms with Gasteiger partial charge in [-0.15, -0.1) is 0 Å². The fraction of sp³-hybridized carbons (Fsp3) is 0.167. The molecule has 0 atom stereocenters. The van der Waals surface area contributed by atoms with Gasteiger partial charge in [-0.3, -0.25) is 5.11 Å². The van der Waals surface area contributed by atoms with Gasteiger partial charge in [0.15, 0.2) is 5.75 Å². The van der Waals surface area contributed by atoms with Crippen LogP contribution < -0.4 is 4.74 Å². The first kappa shape index (κ1) is 5.88. The molecule has 1 heterocycles. The van der Waals surface area contributed by atoms with E-state index in [1.54, 1.807) is 0 Å². The van der Waals surface area contributed by atoms with Gasteiger partial charge in [-0.2, -0.15) is 0 Å². The maximum Gasteiger partial charge on any atom is 0.213 e. The fourth-order valence-corrected chi connectivity index (χ4v) is 0.487. The summed E-state index contributed by atoms with van der Waals surface area (Å²) in [7, 11) is 1.51. The molecule has 0 bridgehead atoms. The van der Waals surface area contributed by atoms with Crippen LogP contribution in [0.25, 0.3) is 0 Å². The van der Waals surface area contributed by atoms with E-state index >= 15 is 0 Å². The smallest absolute Gasteiger partial charge is 0.213 e. The van der Waals surface area contributed by atoms with Gasteiger partial charge in [0.05, 0.1) is 13.3 Å². The second-order valence-electron chi connectivity index (χ2n) is 1.54. The third-order valence-corrected chi connectivity index (χ3v) is 0.918. The van der Waals surface area contributed by atoms with Crippen molar-refractivity contribution in [3.05, 3.63) is 18.3 Å². The Morgan fingerprint density at radius 3 is 2.78 bits per heavy atom. The van der Waals surface area contributed by atoms with E-state index in [0.717, 1.165) is 0 Å². The van der Waals surface area contributed by atoms with Crippen LogP contribution in [0.15, 0.2) is 18.3 Å². The van der Waals surface area contributed by atoms with Gasteiger partial charge in [-0.1, -0.05) is 0 Å². The molecule has 0 fully saturated rings. The van der Waals surface area contributed by atoms with Crippen LogP contribution in [0.2, 0.25) is 0 Å². The molecule has 0 spiro atoms. The number of hydrogen-bond donors (Lipinski definition) is 0. The molecule has 0 saturated heterocycles. The van der Waals surface area contributed by atoms with E-state index < -0.39 is 0 Å². The first-order chi connectivity index (χ1) is 4.33. The highest BCUT2D eigenvalue weighted by Crippen LogP contribution is 2.10. The number of pyridine rings is 1. The Morgan fingerprint density at radius 2 is 2.33 bits per heavy atom. The molecular formula is C6H6NO2. The molecule has 9 heavy (non-hydrogen) atoms. The molecule has 0 unspecified atom stereocenters. The molecule has 3 heteroatoms. The second-order valence-corrected chi connectivity index (χ2v) is 1.54. The van der Waals surface area contributed by atoms with E-state index in [4.69, 9.17) is 4.74 Å². The maximum absolute atomic E-state index is 10.4. The van der Waals surface area contributed by atoms with Gasteiger partial charge in [0.25, 0.3) is 0 Å². The molecule has 0 aliphatic heterocycles. The minimum atomic E-state index is -0.101. The second kappa shape index (κ2) is 2.35. The van der Waals surface area contributed by atoms with Crippen molar-refractivity contribution in [2.75, 3.05) is 7.11 Å². The lowest BCUT2D eigenvalue weighted by atomic mass is 10.4. The predicted molar refractivity (Wildman–Crippen MR) is 30.9 cm³/mol. The van der Waals surface area contributed by atoms with Gasteiger partial charge in [-0.25, -0.2) is 4.98 Å². The van der Waals surface area contributed by atoms with Gasteiger partial charge < -0.3 is 4.74 Å². The molecular weight excluding hydrogens is 118 g/mol. The molecule has 0 aromatic carbocycles. The SMILES string of the molecule is COc1ccc([O])cn1. The van der Waals surface area contributed by atoms with Crippen LogP contribution in [-0.2, 0) is 5.11 Å². The van der Waals surface area contributed by atoms with E-state index in [1.807, 2.05) is 0 Å². The summed E-state index contributed by atoms with van der Waals surface area (Å²) in [4.78, 5) is 3.66. The molecule has 0 N–H and O–H groups in total. The molecule has 1 aromatic heterocycles. The van der Waals surface area contributed by atoms with Crippen LogP contribution in [0.5, 0.6) is 11.6 Å². The average Bonchev–Trinajstić information content (AvgIpc) is 1.90. The number of rotatable bonds is 1. The third-order valence-electron chi connectivity index (χ3n) is 0.918. The summed E-state index contributed by atoms with van der Waals surface area (Å²) in [5, 5.41) is 10.4. The van der Waals surface area contributed by atoms with Crippen molar-refractivity contribution >= 4 is 0 Å². The molecule has 0 aliphatic rings. The summed E-state index contributed by atoms with van der Waals surface area (Å²) < 4.78 is 4.72. The standard InChI is InChI=1S/C6H6NO2/c1-9-6-3-2-5(8)4-7-6/h2-4H,1H3. The molecule has 1 aromatic rings. The quantitative estimate of drug-likeness (QED) is 0.565. The van der Waals surface area contributed by atoms with Crippen molar-refractivity contribution in [2.24, 2.45) is 0 Å². The number of aromatic nitrogens is 1. The Bertz CT molecular complexity index is 183. The highest BCUT2D eigenvalue weighted by Gasteiger charge is 1.91. The lowest BCUT2D eigenvalue weighted by Gasteiger charge is -1.93. The van der Waals surface area contributed by atoms with E-state index in [1.165, 1.54) is 25.4 Å². The van der Waals surface area contributed by atoms with Crippen molar-refractivity contribution in [3.63, 3.8) is 0 Å². The first-order valence-corrected chi connectivity index (χ1v) is 2.50. The van der Waals surface area contributed by atoms with Crippen molar-refractivity contribution in [1.82, 2.24) is 4.98 Å². The topological polar surface area (TPSA) is 42.0 Å². The maximum atomic E-state index is 10.4. The monoisotopic (exact) mass is 124 g/mol. The summed E-state index contributed by atoms with van der Waals surface area (Å²) in [5.41, 5.74) is 0. The lowest BCUT2D eigenvalue weighted by molar-refractivity contribution is 0.347. The highest BCUT2D eigenvalue weighted by molar-refractivity contribution is 5.20. The zero-order chi connectivity index (χ0) is 6.69. The van der Waals surface area contributed by atoms with Crippen molar-refractivity contribution in [1.29, 1.82) is 0 Å². The molecule has 3 nitrogen and oxygen atoms in total. The largest absolute Gasteiger partial charge is 0.481 e. The number of hydrogen-bond acceptors (Lipinski definition) is 2. The predicted octanol–water partition coefficient (Wildman–Crippen LogP) is 1.23. The fourth-order valence-electron chi connectivity index (χ4n) is 0.487. The van der Waals surface area contributed by atoms with E-state index in [-0.39, 0.29) is 5.75 Å². The van der Waals surface area contributed by atoms with Crippen molar-refractivity contribution in [3.8, 4) is 11.6 Å². The van der Waals surface area contributed by atoms with Gasteiger partial charge in [-0.05, 0) is 6.07 Å². The van der Waals surface area contributed by atoms with Crippen LogP contribution in [0, 0.1) is 0 Å². The summed E-state index contributed by atoms with van der Waals surface area (Å²) in [6.45, 7) is 0. The van der Waals surface area contributed by atoms with Crippen LogP contribution in [0.3, 0.4) is 0 Å². The Labute approximate surface area is 52.9 Å². The lowest BCUT2D eigenvalue weighted by Crippen LogP contribution is -1.83. The number of methoxy groups -OCH3 is 1. The first-order valence-electron chi connectivity index (χ1n) is 2.50. The van der Waals surface area contributed by atoms with E-state index in [2.05, 4.69) is 4.98 Å². The van der Waals surface area contributed by atoms with E-state index in [0.29, 0.717) is 5.88 Å². The molecule has 1 rings (SSSR count). The molecule has 47 valence electrons. The van der Waals surface area contributed by atoms with Gasteiger partial charge >= 0.3 is 0 Å². The van der Waals surface area contributed by atoms with Crippen LogP contribution in [-0.4, -0.2) is 12.1 Å². The number of nitrogens with zero attached hydrogens (tertiary/aromatic N) is 1. The Hall–Kier alpha value is -1.25. The molecule has 1 radical (unpaired) electrons. The van der Waals surface area contributed by atoms with Gasteiger partial charge in [0.2, 0.25) is 5.88 Å². The molecule has 0 saturated carbocycles. The van der Waals surface area contributed by atoms with Crippen LogP contribution in [0.4, 0.5) is 0 Å². The summed E-state index contributed by atoms with van der Waals surface area (Å²) in [5.74, 6) is 0.366. The minimum Gasteiger partial charge on any atom is -0.481 e. The van der Waals surface area contributed by atoms with Crippen LogP contribution >= 0.6 is 0 Å². The summed E-state index contributed by atoms with van der Waals surface area (Å²) in [6, 6.07) is 2.94. The Kier molecular flexibility index (Phi) is 1.53. The zero-order valence-corrected chi connectivity index (χ0v) is 5.00. The van der Waals surface area contributed by atoms with Crippen molar-refractivity contribution < 1.29 is 9.84 Å². The molecule has 0 aliphatic carbocycles. The normalized spacial score (nSPS) is 9.00. The average molecular weight is 124 g/mol. The van der Waals surface area contributed by atoms with Crippen molar-refractivity contribution in [2.45, 2.75) is 0 Å².